The number of hydrogen-bond acceptors (Lipinski definition) is 6. The van der Waals surface area contributed by atoms with Crippen LogP contribution in [0.3, 0.4) is 0 Å². The molecule has 9 heteroatoms. The molecule has 0 bridgehead atoms. The first-order valence-electron chi connectivity index (χ1n) is 14.2. The summed E-state index contributed by atoms with van der Waals surface area (Å²) in [4.78, 5) is 51.7. The molecule has 3 atom stereocenters. The zero-order chi connectivity index (χ0) is 31.0. The van der Waals surface area contributed by atoms with Crippen LogP contribution in [0.15, 0.2) is 98.1 Å². The molecule has 3 aromatic rings. The zero-order valence-corrected chi connectivity index (χ0v) is 24.2. The Morgan fingerprint density at radius 3 is 2.28 bits per heavy atom. The Kier molecular flexibility index (Phi) is 13.1. The minimum atomic E-state index is -1.22. The fourth-order valence-electron chi connectivity index (χ4n) is 4.49. The second kappa shape index (κ2) is 17.3. The molecule has 0 saturated carbocycles. The highest BCUT2D eigenvalue weighted by atomic mass is 16.5. The second-order valence-corrected chi connectivity index (χ2v) is 10.2. The first-order valence-corrected chi connectivity index (χ1v) is 14.2. The van der Waals surface area contributed by atoms with E-state index in [1.54, 1.807) is 18.2 Å². The number of rotatable bonds is 17. The van der Waals surface area contributed by atoms with Gasteiger partial charge in [-0.15, -0.1) is 13.2 Å². The van der Waals surface area contributed by atoms with Gasteiger partial charge in [0.1, 0.15) is 12.6 Å². The molecular formula is C34H39N3O6. The molecule has 3 aromatic carbocycles. The monoisotopic (exact) mass is 585 g/mol. The van der Waals surface area contributed by atoms with Crippen molar-refractivity contribution in [2.45, 2.75) is 44.2 Å². The Hall–Kier alpha value is -4.76. The molecule has 0 aliphatic carbocycles. The highest BCUT2D eigenvalue weighted by molar-refractivity contribution is 5.99. The molecule has 43 heavy (non-hydrogen) atoms. The van der Waals surface area contributed by atoms with Gasteiger partial charge in [-0.1, -0.05) is 72.8 Å². The van der Waals surface area contributed by atoms with Crippen LogP contribution in [-0.2, 0) is 30.3 Å². The van der Waals surface area contributed by atoms with Crippen molar-refractivity contribution in [2.75, 3.05) is 18.5 Å². The van der Waals surface area contributed by atoms with E-state index < -0.39 is 48.3 Å². The summed E-state index contributed by atoms with van der Waals surface area (Å²) in [5.41, 5.74) is 1.46. The van der Waals surface area contributed by atoms with Crippen LogP contribution < -0.4 is 16.0 Å². The topological polar surface area (TPSA) is 134 Å². The Balaban J connectivity index is 1.69. The van der Waals surface area contributed by atoms with Crippen LogP contribution >= 0.6 is 0 Å². The smallest absolute Gasteiger partial charge is 0.306 e. The number of aliphatic hydroxyl groups is 1. The zero-order valence-electron chi connectivity index (χ0n) is 24.2. The van der Waals surface area contributed by atoms with E-state index in [0.717, 1.165) is 16.3 Å². The van der Waals surface area contributed by atoms with E-state index >= 15 is 0 Å². The van der Waals surface area contributed by atoms with Gasteiger partial charge >= 0.3 is 5.97 Å². The number of fused-ring (bicyclic) bond motifs is 1. The number of carbonyl (C=O) groups excluding carboxylic acids is 4. The van der Waals surface area contributed by atoms with Crippen molar-refractivity contribution in [1.82, 2.24) is 10.6 Å². The predicted octanol–water partition coefficient (Wildman–Crippen LogP) is 4.07. The summed E-state index contributed by atoms with van der Waals surface area (Å²) in [7, 11) is 0. The SMILES string of the molecule is C=CCCC(=O)OC[C@H](NC(=O)[C@@H](CC=C)CC(=O)N[C@@H](CO)Cc1ccccc1)C(=O)Nc1ccc2ccccc2c1. The quantitative estimate of drug-likeness (QED) is 0.139. The number of hydrogen-bond donors (Lipinski definition) is 4. The molecule has 0 radical (unpaired) electrons. The van der Waals surface area contributed by atoms with Crippen LogP contribution in [-0.4, -0.2) is 54.1 Å². The van der Waals surface area contributed by atoms with Crippen molar-refractivity contribution in [2.24, 2.45) is 5.92 Å². The molecule has 0 saturated heterocycles. The first kappa shape index (κ1) is 32.8. The number of benzene rings is 3. The third-order valence-electron chi connectivity index (χ3n) is 6.78. The van der Waals surface area contributed by atoms with Crippen LogP contribution in [0.2, 0.25) is 0 Å². The van der Waals surface area contributed by atoms with E-state index in [0.29, 0.717) is 18.5 Å². The lowest BCUT2D eigenvalue weighted by Crippen LogP contribution is -2.49. The number of ether oxygens (including phenoxy) is 1. The molecular weight excluding hydrogens is 546 g/mol. The lowest BCUT2D eigenvalue weighted by Gasteiger charge is -2.23. The average molecular weight is 586 g/mol. The van der Waals surface area contributed by atoms with Crippen LogP contribution in [0.5, 0.6) is 0 Å². The third-order valence-corrected chi connectivity index (χ3v) is 6.78. The maximum atomic E-state index is 13.4. The van der Waals surface area contributed by atoms with E-state index in [2.05, 4.69) is 29.1 Å². The van der Waals surface area contributed by atoms with E-state index in [-0.39, 0.29) is 25.9 Å². The maximum Gasteiger partial charge on any atom is 0.306 e. The largest absolute Gasteiger partial charge is 0.463 e. The number of carbonyl (C=O) groups is 4. The molecule has 0 fully saturated rings. The molecule has 9 nitrogen and oxygen atoms in total. The minimum absolute atomic E-state index is 0.0880. The summed E-state index contributed by atoms with van der Waals surface area (Å²) < 4.78 is 5.29. The Morgan fingerprint density at radius 2 is 1.58 bits per heavy atom. The summed E-state index contributed by atoms with van der Waals surface area (Å²) in [6.07, 6.45) is 4.00. The molecule has 4 N–H and O–H groups in total. The van der Waals surface area contributed by atoms with Gasteiger partial charge in [-0.05, 0) is 47.7 Å². The van der Waals surface area contributed by atoms with Crippen molar-refractivity contribution in [1.29, 1.82) is 0 Å². The molecule has 226 valence electrons. The number of amides is 3. The van der Waals surface area contributed by atoms with Gasteiger partial charge in [0.2, 0.25) is 11.8 Å². The van der Waals surface area contributed by atoms with E-state index in [1.807, 2.05) is 60.7 Å². The van der Waals surface area contributed by atoms with Gasteiger partial charge in [-0.3, -0.25) is 19.2 Å². The molecule has 0 aliphatic heterocycles. The molecule has 0 spiro atoms. The summed E-state index contributed by atoms with van der Waals surface area (Å²) in [6, 6.07) is 20.8. The summed E-state index contributed by atoms with van der Waals surface area (Å²) in [6.45, 7) is 6.62. The van der Waals surface area contributed by atoms with Gasteiger partial charge in [0.05, 0.1) is 18.6 Å². The van der Waals surface area contributed by atoms with E-state index in [1.165, 1.54) is 6.08 Å². The predicted molar refractivity (Wildman–Crippen MR) is 167 cm³/mol. The Morgan fingerprint density at radius 1 is 0.860 bits per heavy atom. The first-order chi connectivity index (χ1) is 20.8. The van der Waals surface area contributed by atoms with Crippen LogP contribution in [0.1, 0.15) is 31.2 Å². The standard InChI is InChI=1S/C34H39N3O6/c1-3-5-16-32(40)43-23-30(34(42)36-28-18-17-25-14-9-10-15-26(25)20-28)37-33(41)27(11-4-2)21-31(39)35-29(22-38)19-24-12-7-6-8-13-24/h3-4,6-10,12-15,17-18,20,27,29-30,38H,1-2,5,11,16,19,21-23H2,(H,35,39)(H,36,42)(H,37,41)/t27-,29+,30-/m0/s1. The number of anilines is 1. The van der Waals surface area contributed by atoms with Crippen LogP contribution in [0, 0.1) is 5.92 Å². The lowest BCUT2D eigenvalue weighted by molar-refractivity contribution is -0.146. The second-order valence-electron chi connectivity index (χ2n) is 10.2. The van der Waals surface area contributed by atoms with E-state index in [9.17, 15) is 24.3 Å². The molecule has 0 aliphatic rings. The van der Waals surface area contributed by atoms with Gasteiger partial charge in [0.25, 0.3) is 5.91 Å². The van der Waals surface area contributed by atoms with Crippen molar-refractivity contribution >= 4 is 40.2 Å². The fraction of sp³-hybridized carbons (Fsp3) is 0.294. The van der Waals surface area contributed by atoms with E-state index in [4.69, 9.17) is 4.74 Å². The van der Waals surface area contributed by atoms with Gasteiger partial charge in [0, 0.05) is 18.5 Å². The number of nitrogens with one attached hydrogen (secondary N) is 3. The normalized spacial score (nSPS) is 12.8. The molecule has 3 amide bonds. The Bertz CT molecular complexity index is 1410. The van der Waals surface area contributed by atoms with Gasteiger partial charge < -0.3 is 25.8 Å². The Labute approximate surface area is 252 Å². The van der Waals surface area contributed by atoms with Crippen molar-refractivity contribution in [3.05, 3.63) is 104 Å². The molecule has 3 rings (SSSR count). The fourth-order valence-corrected chi connectivity index (χ4v) is 4.49. The minimum Gasteiger partial charge on any atom is -0.463 e. The highest BCUT2D eigenvalue weighted by Gasteiger charge is 2.28. The summed E-state index contributed by atoms with van der Waals surface area (Å²) in [5, 5.41) is 19.9. The van der Waals surface area contributed by atoms with Crippen LogP contribution in [0.25, 0.3) is 10.8 Å². The van der Waals surface area contributed by atoms with Crippen molar-refractivity contribution in [3.63, 3.8) is 0 Å². The maximum absolute atomic E-state index is 13.4. The molecule has 0 heterocycles. The van der Waals surface area contributed by atoms with Gasteiger partial charge in [0.15, 0.2) is 0 Å². The molecule has 0 aromatic heterocycles. The number of allylic oxidation sites excluding steroid dienone is 2. The van der Waals surface area contributed by atoms with Gasteiger partial charge in [-0.25, -0.2) is 0 Å². The van der Waals surface area contributed by atoms with Crippen molar-refractivity contribution in [3.8, 4) is 0 Å². The molecule has 0 unspecified atom stereocenters. The van der Waals surface area contributed by atoms with Crippen molar-refractivity contribution < 1.29 is 29.0 Å². The summed E-state index contributed by atoms with van der Waals surface area (Å²) in [5.74, 6) is -2.95. The highest BCUT2D eigenvalue weighted by Crippen LogP contribution is 2.19. The van der Waals surface area contributed by atoms with Crippen LogP contribution in [0.4, 0.5) is 5.69 Å². The third kappa shape index (κ3) is 10.9. The van der Waals surface area contributed by atoms with Gasteiger partial charge in [-0.2, -0.15) is 0 Å². The summed E-state index contributed by atoms with van der Waals surface area (Å²) >= 11 is 0. The lowest BCUT2D eigenvalue weighted by atomic mass is 9.98. The average Bonchev–Trinajstić information content (AvgIpc) is 3.01. The number of aliphatic hydroxyl groups excluding tert-OH is 1. The number of esters is 1.